The minimum Gasteiger partial charge on any atom is -0.327 e. The number of hydrogen-bond donors (Lipinski definition) is 1. The lowest BCUT2D eigenvalue weighted by Crippen LogP contribution is -2.33. The molecule has 22 heavy (non-hydrogen) atoms. The molecule has 2 fully saturated rings. The van der Waals surface area contributed by atoms with Crippen LogP contribution in [0.4, 0.5) is 4.39 Å². The first-order chi connectivity index (χ1) is 9.82. The first kappa shape index (κ1) is 18.2. The number of benzene rings is 1. The van der Waals surface area contributed by atoms with Crippen molar-refractivity contribution < 1.29 is 12.8 Å². The zero-order valence-electron chi connectivity index (χ0n) is 11.5. The maximum absolute atomic E-state index is 13.7. The molecule has 3 atom stereocenters. The molecule has 124 valence electrons. The smallest absolute Gasteiger partial charge is 0.244 e. The summed E-state index contributed by atoms with van der Waals surface area (Å²) in [6.45, 7) is 0.788. The van der Waals surface area contributed by atoms with E-state index in [1.165, 1.54) is 16.4 Å². The third-order valence-electron chi connectivity index (χ3n) is 4.50. The van der Waals surface area contributed by atoms with Gasteiger partial charge >= 0.3 is 0 Å². The van der Waals surface area contributed by atoms with Gasteiger partial charge in [-0.05, 0) is 36.8 Å². The molecule has 1 aromatic rings. The van der Waals surface area contributed by atoms with Crippen molar-refractivity contribution in [1.82, 2.24) is 4.31 Å². The van der Waals surface area contributed by atoms with Crippen molar-refractivity contribution in [3.8, 4) is 0 Å². The van der Waals surface area contributed by atoms with Crippen molar-refractivity contribution in [2.75, 3.05) is 13.1 Å². The third-order valence-corrected chi connectivity index (χ3v) is 7.14. The highest BCUT2D eigenvalue weighted by atomic mass is 35.5. The number of halogens is 4. The Balaban J connectivity index is 0.00000176. The van der Waals surface area contributed by atoms with Gasteiger partial charge in [0.1, 0.15) is 4.90 Å². The lowest BCUT2D eigenvalue weighted by molar-refractivity contribution is 0.427. The van der Waals surface area contributed by atoms with Gasteiger partial charge in [-0.3, -0.25) is 0 Å². The molecule has 3 unspecified atom stereocenters. The van der Waals surface area contributed by atoms with Crippen LogP contribution in [0.3, 0.4) is 0 Å². The van der Waals surface area contributed by atoms with Crippen LogP contribution in [-0.4, -0.2) is 31.9 Å². The lowest BCUT2D eigenvalue weighted by Gasteiger charge is -2.19. The van der Waals surface area contributed by atoms with Crippen LogP contribution in [0.1, 0.15) is 12.8 Å². The van der Waals surface area contributed by atoms with E-state index in [0.29, 0.717) is 13.1 Å². The predicted molar refractivity (Wildman–Crippen MR) is 86.6 cm³/mol. The first-order valence-electron chi connectivity index (χ1n) is 6.71. The third kappa shape index (κ3) is 2.85. The molecule has 0 aromatic heterocycles. The molecule has 0 amide bonds. The van der Waals surface area contributed by atoms with Crippen molar-refractivity contribution in [2.24, 2.45) is 17.6 Å². The number of rotatable bonds is 2. The van der Waals surface area contributed by atoms with E-state index in [9.17, 15) is 12.8 Å². The summed E-state index contributed by atoms with van der Waals surface area (Å²) < 4.78 is 40.4. The van der Waals surface area contributed by atoms with Gasteiger partial charge < -0.3 is 5.73 Å². The van der Waals surface area contributed by atoms with E-state index < -0.39 is 20.9 Å². The number of sulfonamides is 1. The average molecular weight is 390 g/mol. The minimum absolute atomic E-state index is 0. The van der Waals surface area contributed by atoms with Crippen LogP contribution in [0.15, 0.2) is 17.0 Å². The van der Waals surface area contributed by atoms with Gasteiger partial charge in [0.2, 0.25) is 10.0 Å². The molecule has 0 radical (unpaired) electrons. The molecule has 1 saturated carbocycles. The summed E-state index contributed by atoms with van der Waals surface area (Å²) in [5.74, 6) is -0.447. The fourth-order valence-electron chi connectivity index (χ4n) is 3.31. The quantitative estimate of drug-likeness (QED) is 0.791. The van der Waals surface area contributed by atoms with Crippen molar-refractivity contribution >= 4 is 45.6 Å². The summed E-state index contributed by atoms with van der Waals surface area (Å²) in [6.07, 6.45) is 1.86. The second kappa shape index (κ2) is 6.42. The normalized spacial score (nSPS) is 28.5. The number of nitrogens with two attached hydrogens (primary N) is 1. The monoisotopic (exact) mass is 388 g/mol. The van der Waals surface area contributed by atoms with Crippen LogP contribution in [0.5, 0.6) is 0 Å². The Kier molecular flexibility index (Phi) is 5.32. The molecule has 0 bridgehead atoms. The molecule has 4 nitrogen and oxygen atoms in total. The van der Waals surface area contributed by atoms with E-state index >= 15 is 0 Å². The largest absolute Gasteiger partial charge is 0.327 e. The first-order valence-corrected chi connectivity index (χ1v) is 8.91. The number of nitrogens with zero attached hydrogens (tertiary/aromatic N) is 1. The Morgan fingerprint density at radius 3 is 2.55 bits per heavy atom. The van der Waals surface area contributed by atoms with Gasteiger partial charge in [0.15, 0.2) is 5.82 Å². The van der Waals surface area contributed by atoms with Crippen LogP contribution < -0.4 is 5.73 Å². The van der Waals surface area contributed by atoms with Gasteiger partial charge in [0.05, 0.1) is 10.0 Å². The Morgan fingerprint density at radius 1 is 1.23 bits per heavy atom. The summed E-state index contributed by atoms with van der Waals surface area (Å²) in [6, 6.07) is 2.49. The van der Waals surface area contributed by atoms with E-state index in [-0.39, 0.29) is 40.2 Å². The Labute approximate surface area is 145 Å². The molecule has 1 aliphatic heterocycles. The standard InChI is InChI=1S/C13H15Cl2FN2O2S.ClH/c14-9-2-4-11(12(15)13(9)16)21(19,20)18-5-7-1-3-10(17)8(7)6-18;/h2,4,7-8,10H,1,3,5-6,17H2;1H. The molecule has 1 aliphatic carbocycles. The molecule has 1 saturated heterocycles. The fourth-order valence-corrected chi connectivity index (χ4v) is 5.56. The van der Waals surface area contributed by atoms with Gasteiger partial charge in [-0.25, -0.2) is 12.8 Å². The van der Waals surface area contributed by atoms with Crippen LogP contribution in [0, 0.1) is 17.7 Å². The summed E-state index contributed by atoms with van der Waals surface area (Å²) >= 11 is 11.4. The molecule has 3 rings (SSSR count). The Morgan fingerprint density at radius 2 is 1.91 bits per heavy atom. The van der Waals surface area contributed by atoms with E-state index in [2.05, 4.69) is 0 Å². The SMILES string of the molecule is Cl.NC1CCC2CN(S(=O)(=O)c3ccc(Cl)c(F)c3Cl)CC12. The molecule has 1 aromatic carbocycles. The predicted octanol–water partition coefficient (Wildman–Crippen LogP) is 2.91. The summed E-state index contributed by atoms with van der Waals surface area (Å²) in [5, 5.41) is -0.650. The number of fused-ring (bicyclic) bond motifs is 1. The second-order valence-corrected chi connectivity index (χ2v) is 8.35. The van der Waals surface area contributed by atoms with Gasteiger partial charge in [0.25, 0.3) is 0 Å². The van der Waals surface area contributed by atoms with Crippen LogP contribution in [-0.2, 0) is 10.0 Å². The number of hydrogen-bond acceptors (Lipinski definition) is 3. The van der Waals surface area contributed by atoms with Gasteiger partial charge in [-0.15, -0.1) is 12.4 Å². The highest BCUT2D eigenvalue weighted by Gasteiger charge is 2.45. The lowest BCUT2D eigenvalue weighted by atomic mass is 9.98. The molecular formula is C13H16Cl3FN2O2S. The Hall–Kier alpha value is -0.110. The molecule has 9 heteroatoms. The Bertz CT molecular complexity index is 686. The van der Waals surface area contributed by atoms with E-state index in [4.69, 9.17) is 28.9 Å². The van der Waals surface area contributed by atoms with Gasteiger partial charge in [-0.1, -0.05) is 23.2 Å². The van der Waals surface area contributed by atoms with E-state index in [1.807, 2.05) is 0 Å². The van der Waals surface area contributed by atoms with Crippen LogP contribution >= 0.6 is 35.6 Å². The molecular weight excluding hydrogens is 374 g/mol. The van der Waals surface area contributed by atoms with Crippen LogP contribution in [0.25, 0.3) is 0 Å². The van der Waals surface area contributed by atoms with Gasteiger partial charge in [-0.2, -0.15) is 4.31 Å². The van der Waals surface area contributed by atoms with E-state index in [0.717, 1.165) is 12.8 Å². The summed E-state index contributed by atoms with van der Waals surface area (Å²) in [7, 11) is -3.83. The van der Waals surface area contributed by atoms with Crippen LogP contribution in [0.2, 0.25) is 10.0 Å². The topological polar surface area (TPSA) is 63.4 Å². The molecule has 2 aliphatic rings. The second-order valence-electron chi connectivity index (χ2n) is 5.66. The maximum atomic E-state index is 13.7. The minimum atomic E-state index is -3.83. The highest BCUT2D eigenvalue weighted by molar-refractivity contribution is 7.89. The fraction of sp³-hybridized carbons (Fsp3) is 0.538. The molecule has 0 spiro atoms. The van der Waals surface area contributed by atoms with Crippen molar-refractivity contribution in [2.45, 2.75) is 23.8 Å². The summed E-state index contributed by atoms with van der Waals surface area (Å²) in [5.41, 5.74) is 6.01. The molecule has 2 N–H and O–H groups in total. The summed E-state index contributed by atoms with van der Waals surface area (Å²) in [4.78, 5) is -0.236. The van der Waals surface area contributed by atoms with E-state index in [1.54, 1.807) is 0 Å². The average Bonchev–Trinajstić information content (AvgIpc) is 2.99. The van der Waals surface area contributed by atoms with Crippen molar-refractivity contribution in [1.29, 1.82) is 0 Å². The highest BCUT2D eigenvalue weighted by Crippen LogP contribution is 2.40. The zero-order chi connectivity index (χ0) is 15.4. The van der Waals surface area contributed by atoms with Crippen molar-refractivity contribution in [3.05, 3.63) is 28.0 Å². The maximum Gasteiger partial charge on any atom is 0.244 e. The molecule has 1 heterocycles. The van der Waals surface area contributed by atoms with Gasteiger partial charge in [0, 0.05) is 19.1 Å². The van der Waals surface area contributed by atoms with Crippen molar-refractivity contribution in [3.63, 3.8) is 0 Å². The zero-order valence-corrected chi connectivity index (χ0v) is 14.7.